The van der Waals surface area contributed by atoms with E-state index in [1.165, 1.54) is 11.0 Å². The molecule has 0 atom stereocenters. The van der Waals surface area contributed by atoms with Crippen molar-refractivity contribution in [3.63, 3.8) is 0 Å². The summed E-state index contributed by atoms with van der Waals surface area (Å²) in [4.78, 5) is 18.1. The van der Waals surface area contributed by atoms with Crippen molar-refractivity contribution in [2.75, 3.05) is 20.2 Å². The summed E-state index contributed by atoms with van der Waals surface area (Å²) in [6, 6.07) is 11.8. The lowest BCUT2D eigenvalue weighted by Gasteiger charge is -2.16. The van der Waals surface area contributed by atoms with Gasteiger partial charge in [-0.05, 0) is 24.3 Å². The van der Waals surface area contributed by atoms with E-state index in [1.54, 1.807) is 35.8 Å². The third-order valence-electron chi connectivity index (χ3n) is 3.45. The first kappa shape index (κ1) is 15.0. The molecule has 0 aliphatic heterocycles. The number of rotatable bonds is 5. The second kappa shape index (κ2) is 6.48. The molecule has 3 aromatic rings. The van der Waals surface area contributed by atoms with Gasteiger partial charge in [0.05, 0.1) is 6.54 Å². The molecule has 0 bridgehead atoms. The van der Waals surface area contributed by atoms with Crippen molar-refractivity contribution < 1.29 is 13.9 Å². The number of carbonyl (C=O) groups excluding carboxylic acids is 1. The minimum absolute atomic E-state index is 0.182. The Hall–Kier alpha value is -2.89. The number of amides is 1. The highest BCUT2D eigenvalue weighted by atomic mass is 19.1. The van der Waals surface area contributed by atoms with Crippen molar-refractivity contribution in [3.8, 4) is 5.75 Å². The monoisotopic (exact) mass is 313 g/mol. The summed E-state index contributed by atoms with van der Waals surface area (Å²) >= 11 is 0. The molecule has 23 heavy (non-hydrogen) atoms. The lowest BCUT2D eigenvalue weighted by molar-refractivity contribution is 0.0768. The van der Waals surface area contributed by atoms with Crippen LogP contribution in [0.15, 0.2) is 54.9 Å². The number of pyridine rings is 1. The Kier molecular flexibility index (Phi) is 4.23. The van der Waals surface area contributed by atoms with Crippen LogP contribution in [0.4, 0.5) is 4.39 Å². The Bertz CT molecular complexity index is 798. The van der Waals surface area contributed by atoms with Gasteiger partial charge >= 0.3 is 0 Å². The molecule has 0 N–H and O–H groups in total. The third kappa shape index (κ3) is 3.31. The number of fused-ring (bicyclic) bond motifs is 1. The van der Waals surface area contributed by atoms with Crippen LogP contribution in [0.25, 0.3) is 5.65 Å². The first-order valence-electron chi connectivity index (χ1n) is 7.21. The molecule has 0 saturated heterocycles. The maximum absolute atomic E-state index is 13.4. The highest BCUT2D eigenvalue weighted by molar-refractivity contribution is 5.92. The molecule has 0 saturated carbocycles. The van der Waals surface area contributed by atoms with Crippen LogP contribution in [0.3, 0.4) is 0 Å². The number of halogens is 1. The van der Waals surface area contributed by atoms with Crippen molar-refractivity contribution in [2.45, 2.75) is 0 Å². The number of nitrogens with zero attached hydrogens (tertiary/aromatic N) is 3. The minimum Gasteiger partial charge on any atom is -0.489 e. The summed E-state index contributed by atoms with van der Waals surface area (Å²) in [6.07, 6.45) is 3.52. The van der Waals surface area contributed by atoms with E-state index in [0.717, 1.165) is 0 Å². The fraction of sp³-hybridized carbons (Fsp3) is 0.176. The van der Waals surface area contributed by atoms with Gasteiger partial charge in [-0.1, -0.05) is 18.2 Å². The van der Waals surface area contributed by atoms with Gasteiger partial charge in [0.1, 0.15) is 17.9 Å². The van der Waals surface area contributed by atoms with E-state index in [4.69, 9.17) is 4.74 Å². The van der Waals surface area contributed by atoms with E-state index >= 15 is 0 Å². The summed E-state index contributed by atoms with van der Waals surface area (Å²) in [5.74, 6) is -0.436. The van der Waals surface area contributed by atoms with E-state index in [1.807, 2.05) is 24.4 Å². The number of hydrogen-bond donors (Lipinski definition) is 0. The van der Waals surface area contributed by atoms with Crippen LogP contribution in [0.5, 0.6) is 5.75 Å². The molecule has 0 spiro atoms. The van der Waals surface area contributed by atoms with Gasteiger partial charge in [-0.2, -0.15) is 0 Å². The Morgan fingerprint density at radius 2 is 2.04 bits per heavy atom. The Morgan fingerprint density at radius 1 is 1.26 bits per heavy atom. The topological polar surface area (TPSA) is 46.8 Å². The number of benzene rings is 1. The number of para-hydroxylation sites is 1. The van der Waals surface area contributed by atoms with Crippen LogP contribution >= 0.6 is 0 Å². The fourth-order valence-corrected chi connectivity index (χ4v) is 2.19. The molecule has 1 amide bonds. The van der Waals surface area contributed by atoms with Gasteiger partial charge in [-0.25, -0.2) is 9.37 Å². The molecule has 0 aliphatic rings. The number of ether oxygens (including phenoxy) is 1. The van der Waals surface area contributed by atoms with E-state index in [-0.39, 0.29) is 18.3 Å². The molecule has 0 aliphatic carbocycles. The molecule has 6 heteroatoms. The Balaban J connectivity index is 1.60. The number of imidazole rings is 1. The van der Waals surface area contributed by atoms with Gasteiger partial charge in [-0.15, -0.1) is 0 Å². The molecular weight excluding hydrogens is 297 g/mol. The molecule has 0 fully saturated rings. The molecular formula is C17H16FN3O2. The van der Waals surface area contributed by atoms with Crippen LogP contribution in [0.1, 0.15) is 10.5 Å². The van der Waals surface area contributed by atoms with Crippen molar-refractivity contribution in [1.29, 1.82) is 0 Å². The highest BCUT2D eigenvalue weighted by Gasteiger charge is 2.15. The predicted molar refractivity (Wildman–Crippen MR) is 84.0 cm³/mol. The average Bonchev–Trinajstić information content (AvgIpc) is 2.99. The quantitative estimate of drug-likeness (QED) is 0.727. The number of likely N-dealkylation sites (N-methyl/N-ethyl adjacent to an activating group) is 1. The third-order valence-corrected chi connectivity index (χ3v) is 3.45. The van der Waals surface area contributed by atoms with Gasteiger partial charge in [0.25, 0.3) is 5.91 Å². The van der Waals surface area contributed by atoms with Crippen LogP contribution < -0.4 is 4.74 Å². The minimum atomic E-state index is -0.415. The highest BCUT2D eigenvalue weighted by Crippen LogP contribution is 2.15. The van der Waals surface area contributed by atoms with E-state index in [0.29, 0.717) is 17.9 Å². The first-order chi connectivity index (χ1) is 11.1. The number of carbonyl (C=O) groups is 1. The zero-order chi connectivity index (χ0) is 16.2. The van der Waals surface area contributed by atoms with Gasteiger partial charge in [-0.3, -0.25) is 4.79 Å². The first-order valence-corrected chi connectivity index (χ1v) is 7.21. The molecule has 1 aromatic carbocycles. The second-order valence-electron chi connectivity index (χ2n) is 5.10. The molecule has 0 radical (unpaired) electrons. The normalized spacial score (nSPS) is 10.7. The van der Waals surface area contributed by atoms with E-state index in [9.17, 15) is 9.18 Å². The fourth-order valence-electron chi connectivity index (χ4n) is 2.19. The van der Waals surface area contributed by atoms with Crippen molar-refractivity contribution in [3.05, 3.63) is 66.4 Å². The SMILES string of the molecule is CN(CCOc1ccccc1F)C(=O)c1cn2ccccc2n1. The summed E-state index contributed by atoms with van der Waals surface area (Å²) in [7, 11) is 1.66. The standard InChI is InChI=1S/C17H16FN3O2/c1-20(10-11-23-15-7-3-2-6-13(15)18)17(22)14-12-21-9-5-4-8-16(21)19-14/h2-9,12H,10-11H2,1H3. The van der Waals surface area contributed by atoms with Crippen LogP contribution in [-0.4, -0.2) is 40.4 Å². The maximum Gasteiger partial charge on any atom is 0.273 e. The Labute approximate surface area is 132 Å². The van der Waals surface area contributed by atoms with Gasteiger partial charge in [0.2, 0.25) is 0 Å². The average molecular weight is 313 g/mol. The Morgan fingerprint density at radius 3 is 2.83 bits per heavy atom. The lowest BCUT2D eigenvalue weighted by atomic mass is 10.3. The van der Waals surface area contributed by atoms with E-state index in [2.05, 4.69) is 4.98 Å². The smallest absolute Gasteiger partial charge is 0.273 e. The molecule has 2 aromatic heterocycles. The van der Waals surface area contributed by atoms with Gasteiger partial charge in [0.15, 0.2) is 11.6 Å². The summed E-state index contributed by atoms with van der Waals surface area (Å²) in [5, 5.41) is 0. The summed E-state index contributed by atoms with van der Waals surface area (Å²) in [5.41, 5.74) is 1.08. The van der Waals surface area contributed by atoms with Crippen LogP contribution in [0.2, 0.25) is 0 Å². The number of hydrogen-bond acceptors (Lipinski definition) is 3. The summed E-state index contributed by atoms with van der Waals surface area (Å²) in [6.45, 7) is 0.539. The molecule has 5 nitrogen and oxygen atoms in total. The second-order valence-corrected chi connectivity index (χ2v) is 5.10. The van der Waals surface area contributed by atoms with Crippen molar-refractivity contribution >= 4 is 11.6 Å². The molecule has 3 rings (SSSR count). The molecule has 0 unspecified atom stereocenters. The predicted octanol–water partition coefficient (Wildman–Crippen LogP) is 2.62. The van der Waals surface area contributed by atoms with Crippen LogP contribution in [-0.2, 0) is 0 Å². The zero-order valence-corrected chi connectivity index (χ0v) is 12.6. The molecule has 2 heterocycles. The van der Waals surface area contributed by atoms with E-state index < -0.39 is 5.82 Å². The summed E-state index contributed by atoms with van der Waals surface area (Å²) < 4.78 is 20.6. The van der Waals surface area contributed by atoms with Crippen molar-refractivity contribution in [2.24, 2.45) is 0 Å². The van der Waals surface area contributed by atoms with Gasteiger partial charge in [0, 0.05) is 19.4 Å². The maximum atomic E-state index is 13.4. The van der Waals surface area contributed by atoms with Crippen LogP contribution in [0, 0.1) is 5.82 Å². The molecule has 118 valence electrons. The largest absolute Gasteiger partial charge is 0.489 e. The lowest BCUT2D eigenvalue weighted by Crippen LogP contribution is -2.31. The van der Waals surface area contributed by atoms with Gasteiger partial charge < -0.3 is 14.0 Å². The number of aromatic nitrogens is 2. The van der Waals surface area contributed by atoms with Crippen molar-refractivity contribution in [1.82, 2.24) is 14.3 Å². The zero-order valence-electron chi connectivity index (χ0n) is 12.6.